The van der Waals surface area contributed by atoms with Crippen LogP contribution in [-0.4, -0.2) is 25.0 Å². The molecule has 0 radical (unpaired) electrons. The molecule has 64 valence electrons. The third kappa shape index (κ3) is 2.60. The molecule has 3 heteroatoms. The van der Waals surface area contributed by atoms with Crippen molar-refractivity contribution in [3.8, 4) is 0 Å². The van der Waals surface area contributed by atoms with E-state index in [4.69, 9.17) is 10.5 Å². The van der Waals surface area contributed by atoms with Crippen molar-refractivity contribution in [2.24, 2.45) is 11.7 Å². The summed E-state index contributed by atoms with van der Waals surface area (Å²) >= 11 is 0. The van der Waals surface area contributed by atoms with Crippen LogP contribution in [0.25, 0.3) is 0 Å². The van der Waals surface area contributed by atoms with E-state index in [1.807, 2.05) is 0 Å². The first-order chi connectivity index (χ1) is 5.20. The molecule has 0 aromatic carbocycles. The van der Waals surface area contributed by atoms with Crippen LogP contribution in [0.2, 0.25) is 0 Å². The third-order valence-corrected chi connectivity index (χ3v) is 2.08. The zero-order chi connectivity index (χ0) is 8.27. The molecule has 2 N–H and O–H groups in total. The molecule has 1 saturated heterocycles. The summed E-state index contributed by atoms with van der Waals surface area (Å²) in [6, 6.07) is 0.160. The highest BCUT2D eigenvalue weighted by molar-refractivity contribution is 5.75. The molecule has 11 heavy (non-hydrogen) atoms. The van der Waals surface area contributed by atoms with Crippen molar-refractivity contribution in [1.82, 2.24) is 0 Å². The summed E-state index contributed by atoms with van der Waals surface area (Å²) in [5.74, 6) is 0.456. The molecule has 1 heterocycles. The smallest absolute Gasteiger partial charge is 0.130 e. The van der Waals surface area contributed by atoms with Gasteiger partial charge in [-0.1, -0.05) is 0 Å². The van der Waals surface area contributed by atoms with Gasteiger partial charge in [0.25, 0.3) is 0 Å². The summed E-state index contributed by atoms with van der Waals surface area (Å²) in [5.41, 5.74) is 5.80. The highest BCUT2D eigenvalue weighted by Gasteiger charge is 2.23. The van der Waals surface area contributed by atoms with Gasteiger partial charge in [-0.2, -0.15) is 0 Å². The van der Waals surface area contributed by atoms with Crippen molar-refractivity contribution >= 4 is 5.78 Å². The average Bonchev–Trinajstić information content (AvgIpc) is 1.93. The lowest BCUT2D eigenvalue weighted by molar-refractivity contribution is -0.119. The van der Waals surface area contributed by atoms with E-state index in [0.717, 1.165) is 13.0 Å². The van der Waals surface area contributed by atoms with Gasteiger partial charge in [-0.25, -0.2) is 0 Å². The predicted octanol–water partition coefficient (Wildman–Crippen LogP) is 0.329. The fraction of sp³-hybridized carbons (Fsp3) is 0.875. The maximum atomic E-state index is 10.7. The molecular formula is C8H15NO2. The summed E-state index contributed by atoms with van der Waals surface area (Å²) in [5, 5.41) is 0. The van der Waals surface area contributed by atoms with E-state index >= 15 is 0 Å². The van der Waals surface area contributed by atoms with Crippen LogP contribution in [0.5, 0.6) is 0 Å². The third-order valence-electron chi connectivity index (χ3n) is 2.08. The molecular weight excluding hydrogens is 142 g/mol. The van der Waals surface area contributed by atoms with Crippen LogP contribution in [0, 0.1) is 5.92 Å². The van der Waals surface area contributed by atoms with E-state index in [1.165, 1.54) is 0 Å². The maximum absolute atomic E-state index is 10.7. The normalized spacial score (nSPS) is 31.8. The van der Waals surface area contributed by atoms with Gasteiger partial charge >= 0.3 is 0 Å². The largest absolute Gasteiger partial charge is 0.381 e. The summed E-state index contributed by atoms with van der Waals surface area (Å²) < 4.78 is 5.22. The van der Waals surface area contributed by atoms with Crippen molar-refractivity contribution in [3.05, 3.63) is 0 Å². The SMILES string of the molecule is CC(=O)CC1COCCC1N. The summed E-state index contributed by atoms with van der Waals surface area (Å²) in [7, 11) is 0. The van der Waals surface area contributed by atoms with Gasteiger partial charge in [0.2, 0.25) is 0 Å². The molecule has 0 aromatic heterocycles. The second-order valence-corrected chi connectivity index (χ2v) is 3.19. The number of ketones is 1. The predicted molar refractivity (Wildman–Crippen MR) is 42.2 cm³/mol. The van der Waals surface area contributed by atoms with Gasteiger partial charge in [0.1, 0.15) is 5.78 Å². The number of hydrogen-bond acceptors (Lipinski definition) is 3. The van der Waals surface area contributed by atoms with Crippen LogP contribution >= 0.6 is 0 Å². The molecule has 3 nitrogen and oxygen atoms in total. The fourth-order valence-corrected chi connectivity index (χ4v) is 1.39. The van der Waals surface area contributed by atoms with Gasteiger partial charge in [0, 0.05) is 25.0 Å². The maximum Gasteiger partial charge on any atom is 0.130 e. The molecule has 0 saturated carbocycles. The van der Waals surface area contributed by atoms with E-state index in [-0.39, 0.29) is 17.7 Å². The first-order valence-electron chi connectivity index (χ1n) is 4.03. The zero-order valence-corrected chi connectivity index (χ0v) is 6.88. The van der Waals surface area contributed by atoms with Gasteiger partial charge < -0.3 is 15.3 Å². The van der Waals surface area contributed by atoms with Crippen LogP contribution < -0.4 is 5.73 Å². The lowest BCUT2D eigenvalue weighted by Gasteiger charge is -2.27. The summed E-state index contributed by atoms with van der Waals surface area (Å²) in [4.78, 5) is 10.7. The lowest BCUT2D eigenvalue weighted by Crippen LogP contribution is -2.39. The number of hydrogen-bond donors (Lipinski definition) is 1. The standard InChI is InChI=1S/C8H15NO2/c1-6(10)4-7-5-11-3-2-8(7)9/h7-8H,2-5,9H2,1H3. The first-order valence-corrected chi connectivity index (χ1v) is 4.03. The van der Waals surface area contributed by atoms with E-state index in [9.17, 15) is 4.79 Å². The second-order valence-electron chi connectivity index (χ2n) is 3.19. The van der Waals surface area contributed by atoms with E-state index in [2.05, 4.69) is 0 Å². The Labute approximate surface area is 66.9 Å². The quantitative estimate of drug-likeness (QED) is 0.628. The Bertz CT molecular complexity index is 147. The highest BCUT2D eigenvalue weighted by Crippen LogP contribution is 2.16. The Kier molecular flexibility index (Phi) is 3.02. The van der Waals surface area contributed by atoms with Crippen molar-refractivity contribution < 1.29 is 9.53 Å². The first kappa shape index (κ1) is 8.68. The van der Waals surface area contributed by atoms with E-state index in [1.54, 1.807) is 6.92 Å². The van der Waals surface area contributed by atoms with Crippen molar-refractivity contribution in [2.45, 2.75) is 25.8 Å². The molecule has 0 amide bonds. The molecule has 1 fully saturated rings. The van der Waals surface area contributed by atoms with Crippen LogP contribution in [0.1, 0.15) is 19.8 Å². The van der Waals surface area contributed by atoms with Gasteiger partial charge in [0.15, 0.2) is 0 Å². The number of Topliss-reactive ketones (excluding diaryl/α,β-unsaturated/α-hetero) is 1. The minimum absolute atomic E-state index is 0.160. The Morgan fingerprint density at radius 1 is 1.73 bits per heavy atom. The molecule has 2 unspecified atom stereocenters. The molecule has 0 bridgehead atoms. The number of nitrogens with two attached hydrogens (primary N) is 1. The molecule has 1 aliphatic rings. The summed E-state index contributed by atoms with van der Waals surface area (Å²) in [6.45, 7) is 3.00. The average molecular weight is 157 g/mol. The Hall–Kier alpha value is -0.410. The van der Waals surface area contributed by atoms with Gasteiger partial charge in [-0.05, 0) is 13.3 Å². The molecule has 1 rings (SSSR count). The van der Waals surface area contributed by atoms with Crippen molar-refractivity contribution in [1.29, 1.82) is 0 Å². The molecule has 0 aliphatic carbocycles. The minimum Gasteiger partial charge on any atom is -0.381 e. The summed E-state index contributed by atoms with van der Waals surface area (Å²) in [6.07, 6.45) is 1.46. The fourth-order valence-electron chi connectivity index (χ4n) is 1.39. The van der Waals surface area contributed by atoms with Crippen molar-refractivity contribution in [2.75, 3.05) is 13.2 Å². The Morgan fingerprint density at radius 3 is 3.00 bits per heavy atom. The van der Waals surface area contributed by atoms with E-state index < -0.39 is 0 Å². The number of carbonyl (C=O) groups excluding carboxylic acids is 1. The van der Waals surface area contributed by atoms with Gasteiger partial charge in [-0.15, -0.1) is 0 Å². The minimum atomic E-state index is 0.160. The number of rotatable bonds is 2. The highest BCUT2D eigenvalue weighted by atomic mass is 16.5. The lowest BCUT2D eigenvalue weighted by atomic mass is 9.92. The Morgan fingerprint density at radius 2 is 2.45 bits per heavy atom. The van der Waals surface area contributed by atoms with Crippen molar-refractivity contribution in [3.63, 3.8) is 0 Å². The molecule has 2 atom stereocenters. The van der Waals surface area contributed by atoms with E-state index in [0.29, 0.717) is 13.0 Å². The molecule has 0 aromatic rings. The Balaban J connectivity index is 2.35. The second kappa shape index (κ2) is 3.83. The van der Waals surface area contributed by atoms with Crippen LogP contribution in [0.4, 0.5) is 0 Å². The molecule has 1 aliphatic heterocycles. The number of carbonyl (C=O) groups is 1. The van der Waals surface area contributed by atoms with Gasteiger partial charge in [-0.3, -0.25) is 0 Å². The topological polar surface area (TPSA) is 52.3 Å². The zero-order valence-electron chi connectivity index (χ0n) is 6.88. The molecule has 0 spiro atoms. The van der Waals surface area contributed by atoms with Gasteiger partial charge in [0.05, 0.1) is 6.61 Å². The monoisotopic (exact) mass is 157 g/mol. The van der Waals surface area contributed by atoms with Crippen LogP contribution in [0.3, 0.4) is 0 Å². The van der Waals surface area contributed by atoms with Crippen LogP contribution in [-0.2, 0) is 9.53 Å². The number of ether oxygens (including phenoxy) is 1. The van der Waals surface area contributed by atoms with Crippen LogP contribution in [0.15, 0.2) is 0 Å².